The fourth-order valence-corrected chi connectivity index (χ4v) is 4.01. The van der Waals surface area contributed by atoms with E-state index < -0.39 is 0 Å². The van der Waals surface area contributed by atoms with Gasteiger partial charge in [-0.3, -0.25) is 4.90 Å². The summed E-state index contributed by atoms with van der Waals surface area (Å²) in [4.78, 5) is 12.2. The average Bonchev–Trinajstić information content (AvgIpc) is 3.21. The maximum absolute atomic E-state index is 5.84. The van der Waals surface area contributed by atoms with Crippen LogP contribution in [0.25, 0.3) is 34.2 Å². The molecule has 2 aromatic carbocycles. The zero-order valence-electron chi connectivity index (χ0n) is 17.1. The topological polar surface area (TPSA) is 60.0 Å². The van der Waals surface area contributed by atoms with Crippen LogP contribution in [0.5, 0.6) is 0 Å². The molecule has 6 nitrogen and oxygen atoms in total. The highest BCUT2D eigenvalue weighted by atomic mass is 32.1. The summed E-state index contributed by atoms with van der Waals surface area (Å²) in [5.74, 6) is 0.778. The Hall–Kier alpha value is -3.16. The molecule has 156 valence electrons. The van der Waals surface area contributed by atoms with Gasteiger partial charge in [0.1, 0.15) is 0 Å². The SMILES string of the molecule is S=c1oc(-c2nc(-c3ccccc3)cc(-c3ccccc3)n2)nn1CN1CCCCC1. The Balaban J connectivity index is 1.55. The van der Waals surface area contributed by atoms with Gasteiger partial charge >= 0.3 is 0 Å². The van der Waals surface area contributed by atoms with Crippen LogP contribution >= 0.6 is 12.2 Å². The van der Waals surface area contributed by atoms with E-state index in [0.29, 0.717) is 23.2 Å². The van der Waals surface area contributed by atoms with Crippen molar-refractivity contribution in [1.82, 2.24) is 24.6 Å². The normalized spacial score (nSPS) is 14.6. The summed E-state index contributed by atoms with van der Waals surface area (Å²) in [5.41, 5.74) is 3.65. The number of hydrogen-bond acceptors (Lipinski definition) is 6. The van der Waals surface area contributed by atoms with Gasteiger partial charge in [-0.2, -0.15) is 0 Å². The summed E-state index contributed by atoms with van der Waals surface area (Å²) >= 11 is 5.45. The van der Waals surface area contributed by atoms with Gasteiger partial charge in [0.2, 0.25) is 5.82 Å². The van der Waals surface area contributed by atoms with Crippen LogP contribution in [0.15, 0.2) is 71.1 Å². The van der Waals surface area contributed by atoms with E-state index >= 15 is 0 Å². The van der Waals surface area contributed by atoms with Crippen molar-refractivity contribution in [3.05, 3.63) is 71.6 Å². The van der Waals surface area contributed by atoms with Crippen LogP contribution in [-0.4, -0.2) is 37.7 Å². The minimum Gasteiger partial charge on any atom is -0.406 e. The Morgan fingerprint density at radius 3 is 1.97 bits per heavy atom. The van der Waals surface area contributed by atoms with Crippen LogP contribution in [0, 0.1) is 4.84 Å². The number of hydrogen-bond donors (Lipinski definition) is 0. The van der Waals surface area contributed by atoms with E-state index in [-0.39, 0.29) is 0 Å². The van der Waals surface area contributed by atoms with Crippen molar-refractivity contribution in [2.24, 2.45) is 0 Å². The first-order chi connectivity index (χ1) is 15.3. The third-order valence-electron chi connectivity index (χ3n) is 5.45. The zero-order chi connectivity index (χ0) is 21.0. The molecular weight excluding hydrogens is 406 g/mol. The fourth-order valence-electron chi connectivity index (χ4n) is 3.83. The Kier molecular flexibility index (Phi) is 5.69. The summed E-state index contributed by atoms with van der Waals surface area (Å²) in [5, 5.41) is 4.62. The summed E-state index contributed by atoms with van der Waals surface area (Å²) < 4.78 is 7.57. The average molecular weight is 430 g/mol. The number of likely N-dealkylation sites (tertiary alicyclic amines) is 1. The second-order valence-corrected chi connectivity index (χ2v) is 8.04. The Morgan fingerprint density at radius 2 is 1.39 bits per heavy atom. The Morgan fingerprint density at radius 1 is 0.806 bits per heavy atom. The number of rotatable bonds is 5. The van der Waals surface area contributed by atoms with Gasteiger partial charge < -0.3 is 4.42 Å². The standard InChI is InChI=1S/C24H23N5OS/c31-24-29(17-28-14-8-3-9-15-28)27-23(30-24)22-25-20(18-10-4-1-5-11-18)16-21(26-22)19-12-6-2-7-13-19/h1-2,4-7,10-13,16H,3,8-9,14-15,17H2. The van der Waals surface area contributed by atoms with Crippen LogP contribution in [-0.2, 0) is 6.67 Å². The lowest BCUT2D eigenvalue weighted by molar-refractivity contribution is 0.170. The summed E-state index contributed by atoms with van der Waals surface area (Å²) in [6, 6.07) is 22.1. The van der Waals surface area contributed by atoms with Crippen LogP contribution < -0.4 is 0 Å². The van der Waals surface area contributed by atoms with Crippen LogP contribution in [0.2, 0.25) is 0 Å². The van der Waals surface area contributed by atoms with Crippen LogP contribution in [0.4, 0.5) is 0 Å². The van der Waals surface area contributed by atoms with Crippen LogP contribution in [0.3, 0.4) is 0 Å². The summed E-state index contributed by atoms with van der Waals surface area (Å²) in [6.07, 6.45) is 3.70. The number of aromatic nitrogens is 4. The molecule has 1 fully saturated rings. The third-order valence-corrected chi connectivity index (χ3v) is 5.74. The quantitative estimate of drug-likeness (QED) is 0.394. The molecule has 1 aliphatic rings. The molecular formula is C24H23N5OS. The van der Waals surface area contributed by atoms with Crippen molar-refractivity contribution >= 4 is 12.2 Å². The molecule has 0 radical (unpaired) electrons. The summed E-state index contributed by atoms with van der Waals surface area (Å²) in [6.45, 7) is 2.75. The van der Waals surface area contributed by atoms with Gasteiger partial charge in [0.05, 0.1) is 18.1 Å². The number of piperidine rings is 1. The lowest BCUT2D eigenvalue weighted by Gasteiger charge is -2.25. The second-order valence-electron chi connectivity index (χ2n) is 7.69. The molecule has 0 aliphatic carbocycles. The molecule has 1 saturated heterocycles. The van der Waals surface area contributed by atoms with Gasteiger partial charge in [-0.15, -0.1) is 5.10 Å². The maximum Gasteiger partial charge on any atom is 0.288 e. The van der Waals surface area contributed by atoms with E-state index in [1.807, 2.05) is 66.7 Å². The van der Waals surface area contributed by atoms with Crippen molar-refractivity contribution < 1.29 is 4.42 Å². The van der Waals surface area contributed by atoms with E-state index in [1.54, 1.807) is 4.68 Å². The van der Waals surface area contributed by atoms with E-state index in [1.165, 1.54) is 19.3 Å². The minimum atomic E-state index is 0.343. The van der Waals surface area contributed by atoms with Gasteiger partial charge in [-0.25, -0.2) is 14.6 Å². The van der Waals surface area contributed by atoms with Gasteiger partial charge in [0.15, 0.2) is 0 Å². The molecule has 0 amide bonds. The molecule has 1 aliphatic heterocycles. The van der Waals surface area contributed by atoms with Gasteiger partial charge in [-0.1, -0.05) is 67.1 Å². The van der Waals surface area contributed by atoms with Crippen molar-refractivity contribution in [2.75, 3.05) is 13.1 Å². The fraction of sp³-hybridized carbons (Fsp3) is 0.250. The molecule has 2 aromatic heterocycles. The molecule has 0 N–H and O–H groups in total. The lowest BCUT2D eigenvalue weighted by Crippen LogP contribution is -2.32. The first-order valence-electron chi connectivity index (χ1n) is 10.6. The van der Waals surface area contributed by atoms with E-state index in [4.69, 9.17) is 26.6 Å². The van der Waals surface area contributed by atoms with Crippen molar-refractivity contribution in [2.45, 2.75) is 25.9 Å². The van der Waals surface area contributed by atoms with Crippen molar-refractivity contribution in [1.29, 1.82) is 0 Å². The minimum absolute atomic E-state index is 0.343. The van der Waals surface area contributed by atoms with E-state index in [0.717, 1.165) is 35.6 Å². The first kappa shape index (κ1) is 19.8. The number of benzene rings is 2. The Bertz CT molecular complexity index is 1160. The third kappa shape index (κ3) is 4.47. The predicted molar refractivity (Wildman–Crippen MR) is 123 cm³/mol. The molecule has 7 heteroatoms. The van der Waals surface area contributed by atoms with Gasteiger partial charge in [0.25, 0.3) is 10.7 Å². The molecule has 5 rings (SSSR count). The Labute approximate surface area is 186 Å². The molecule has 0 bridgehead atoms. The number of nitrogens with zero attached hydrogens (tertiary/aromatic N) is 5. The van der Waals surface area contributed by atoms with Gasteiger partial charge in [-0.05, 0) is 44.2 Å². The lowest BCUT2D eigenvalue weighted by atomic mass is 10.1. The highest BCUT2D eigenvalue weighted by Gasteiger charge is 2.18. The molecule has 0 spiro atoms. The largest absolute Gasteiger partial charge is 0.406 e. The first-order valence-corrected chi connectivity index (χ1v) is 11.0. The zero-order valence-corrected chi connectivity index (χ0v) is 18.0. The van der Waals surface area contributed by atoms with E-state index in [9.17, 15) is 0 Å². The monoisotopic (exact) mass is 429 g/mol. The molecule has 0 atom stereocenters. The second kappa shape index (κ2) is 8.91. The van der Waals surface area contributed by atoms with Crippen molar-refractivity contribution in [3.8, 4) is 34.2 Å². The van der Waals surface area contributed by atoms with Crippen LogP contribution in [0.1, 0.15) is 19.3 Å². The predicted octanol–water partition coefficient (Wildman–Crippen LogP) is 5.44. The smallest absolute Gasteiger partial charge is 0.288 e. The molecule has 3 heterocycles. The van der Waals surface area contributed by atoms with E-state index in [2.05, 4.69) is 10.00 Å². The maximum atomic E-state index is 5.84. The van der Waals surface area contributed by atoms with Crippen molar-refractivity contribution in [3.63, 3.8) is 0 Å². The molecule has 0 saturated carbocycles. The molecule has 0 unspecified atom stereocenters. The summed E-state index contributed by atoms with van der Waals surface area (Å²) in [7, 11) is 0. The van der Waals surface area contributed by atoms with Gasteiger partial charge in [0, 0.05) is 11.1 Å². The highest BCUT2D eigenvalue weighted by Crippen LogP contribution is 2.27. The molecule has 31 heavy (non-hydrogen) atoms. The molecule has 4 aromatic rings. The highest BCUT2D eigenvalue weighted by molar-refractivity contribution is 7.71.